The number of hydrogen-bond acceptors (Lipinski definition) is 3. The zero-order chi connectivity index (χ0) is 13.1. The fourth-order valence-electron chi connectivity index (χ4n) is 1.96. The quantitative estimate of drug-likeness (QED) is 0.750. The van der Waals surface area contributed by atoms with Crippen LogP contribution in [0.5, 0.6) is 0 Å². The molecule has 18 heavy (non-hydrogen) atoms. The van der Waals surface area contributed by atoms with Gasteiger partial charge in [-0.2, -0.15) is 0 Å². The van der Waals surface area contributed by atoms with Gasteiger partial charge in [-0.3, -0.25) is 9.59 Å². The maximum absolute atomic E-state index is 11.8. The second kappa shape index (κ2) is 5.18. The Kier molecular flexibility index (Phi) is 3.62. The van der Waals surface area contributed by atoms with Crippen LogP contribution in [0.4, 0.5) is 5.69 Å². The van der Waals surface area contributed by atoms with E-state index in [4.69, 9.17) is 5.73 Å². The molecule has 96 valence electrons. The minimum Gasteiger partial charge on any atom is -0.346 e. The number of carbonyl (C=O) groups excluding carboxylic acids is 2. The van der Waals surface area contributed by atoms with Crippen molar-refractivity contribution in [3.8, 4) is 0 Å². The van der Waals surface area contributed by atoms with Crippen LogP contribution in [-0.4, -0.2) is 31.4 Å². The molecule has 5 nitrogen and oxygen atoms in total. The predicted molar refractivity (Wildman–Crippen MR) is 69.3 cm³/mol. The summed E-state index contributed by atoms with van der Waals surface area (Å²) < 4.78 is 0. The highest BCUT2D eigenvalue weighted by molar-refractivity contribution is 6.41. The zero-order valence-corrected chi connectivity index (χ0v) is 10.3. The first-order valence-corrected chi connectivity index (χ1v) is 6.03. The van der Waals surface area contributed by atoms with Gasteiger partial charge in [0.15, 0.2) is 0 Å². The molecule has 1 aliphatic rings. The van der Waals surface area contributed by atoms with Gasteiger partial charge in [-0.25, -0.2) is 0 Å². The summed E-state index contributed by atoms with van der Waals surface area (Å²) >= 11 is 0. The molecule has 1 heterocycles. The molecule has 1 aromatic rings. The van der Waals surface area contributed by atoms with E-state index in [0.29, 0.717) is 19.6 Å². The zero-order valence-electron chi connectivity index (χ0n) is 10.3. The number of anilines is 1. The van der Waals surface area contributed by atoms with Gasteiger partial charge in [0.2, 0.25) is 0 Å². The van der Waals surface area contributed by atoms with Gasteiger partial charge in [0.1, 0.15) is 0 Å². The van der Waals surface area contributed by atoms with Gasteiger partial charge >= 0.3 is 11.8 Å². The topological polar surface area (TPSA) is 75.4 Å². The Balaban J connectivity index is 2.27. The van der Waals surface area contributed by atoms with Crippen LogP contribution in [0.15, 0.2) is 24.3 Å². The summed E-state index contributed by atoms with van der Waals surface area (Å²) in [6, 6.07) is 7.63. The van der Waals surface area contributed by atoms with E-state index in [1.54, 1.807) is 0 Å². The summed E-state index contributed by atoms with van der Waals surface area (Å²) in [6.07, 6.45) is 0. The average molecular weight is 247 g/mol. The van der Waals surface area contributed by atoms with Gasteiger partial charge in [0.25, 0.3) is 0 Å². The van der Waals surface area contributed by atoms with Crippen molar-refractivity contribution in [1.82, 2.24) is 5.32 Å². The Hall–Kier alpha value is -1.88. The van der Waals surface area contributed by atoms with E-state index >= 15 is 0 Å². The summed E-state index contributed by atoms with van der Waals surface area (Å²) in [5.74, 6) is -0.809. The first-order chi connectivity index (χ1) is 8.63. The monoisotopic (exact) mass is 247 g/mol. The standard InChI is InChI=1S/C13H17N3O2/c1-9(8-14)10-3-2-4-11(7-10)16-6-5-15-12(17)13(16)18/h2-4,7,9H,5-6,8,14H2,1H3,(H,15,17). The number of nitrogens with zero attached hydrogens (tertiary/aromatic N) is 1. The third-order valence-corrected chi connectivity index (χ3v) is 3.16. The van der Waals surface area contributed by atoms with Crippen molar-refractivity contribution >= 4 is 17.5 Å². The lowest BCUT2D eigenvalue weighted by Gasteiger charge is -2.27. The molecule has 0 aromatic heterocycles. The van der Waals surface area contributed by atoms with Crippen molar-refractivity contribution in [2.75, 3.05) is 24.5 Å². The van der Waals surface area contributed by atoms with Crippen LogP contribution in [0, 0.1) is 0 Å². The number of nitrogens with two attached hydrogens (primary N) is 1. The molecule has 0 aliphatic carbocycles. The molecule has 5 heteroatoms. The van der Waals surface area contributed by atoms with Crippen LogP contribution in [0.2, 0.25) is 0 Å². The lowest BCUT2D eigenvalue weighted by Crippen LogP contribution is -2.52. The number of benzene rings is 1. The minimum absolute atomic E-state index is 0.235. The highest BCUT2D eigenvalue weighted by atomic mass is 16.2. The molecular weight excluding hydrogens is 230 g/mol. The van der Waals surface area contributed by atoms with Gasteiger partial charge in [-0.15, -0.1) is 0 Å². The summed E-state index contributed by atoms with van der Waals surface area (Å²) in [4.78, 5) is 24.6. The van der Waals surface area contributed by atoms with Crippen LogP contribution in [-0.2, 0) is 9.59 Å². The lowest BCUT2D eigenvalue weighted by atomic mass is 10.0. The van der Waals surface area contributed by atoms with Crippen molar-refractivity contribution in [1.29, 1.82) is 0 Å². The van der Waals surface area contributed by atoms with E-state index in [9.17, 15) is 9.59 Å². The Morgan fingerprint density at radius 1 is 1.44 bits per heavy atom. The van der Waals surface area contributed by atoms with E-state index in [1.165, 1.54) is 4.90 Å². The lowest BCUT2D eigenvalue weighted by molar-refractivity contribution is -0.138. The molecule has 2 rings (SSSR count). The fraction of sp³-hybridized carbons (Fsp3) is 0.385. The van der Waals surface area contributed by atoms with E-state index < -0.39 is 11.8 Å². The SMILES string of the molecule is CC(CN)c1cccc(N2CCNC(=O)C2=O)c1. The van der Waals surface area contributed by atoms with Gasteiger partial charge in [0.05, 0.1) is 0 Å². The number of nitrogens with one attached hydrogen (secondary N) is 1. The van der Waals surface area contributed by atoms with Crippen molar-refractivity contribution in [3.63, 3.8) is 0 Å². The van der Waals surface area contributed by atoms with Crippen LogP contribution in [0.3, 0.4) is 0 Å². The second-order valence-electron chi connectivity index (χ2n) is 4.44. The van der Waals surface area contributed by atoms with Gasteiger partial charge in [0, 0.05) is 18.8 Å². The van der Waals surface area contributed by atoms with E-state index in [-0.39, 0.29) is 5.92 Å². The number of amides is 2. The molecule has 1 aliphatic heterocycles. The Labute approximate surface area is 106 Å². The smallest absolute Gasteiger partial charge is 0.316 e. The largest absolute Gasteiger partial charge is 0.346 e. The third-order valence-electron chi connectivity index (χ3n) is 3.16. The Morgan fingerprint density at radius 2 is 2.22 bits per heavy atom. The van der Waals surface area contributed by atoms with Crippen molar-refractivity contribution in [2.45, 2.75) is 12.8 Å². The molecule has 1 atom stereocenters. The fourth-order valence-corrected chi connectivity index (χ4v) is 1.96. The molecule has 1 saturated heterocycles. The first-order valence-electron chi connectivity index (χ1n) is 6.03. The molecule has 1 aromatic carbocycles. The highest BCUT2D eigenvalue weighted by Gasteiger charge is 2.27. The van der Waals surface area contributed by atoms with E-state index in [1.807, 2.05) is 31.2 Å². The van der Waals surface area contributed by atoms with Crippen molar-refractivity contribution < 1.29 is 9.59 Å². The Bertz CT molecular complexity index is 473. The van der Waals surface area contributed by atoms with Crippen LogP contribution >= 0.6 is 0 Å². The number of hydrogen-bond donors (Lipinski definition) is 2. The molecule has 2 amide bonds. The van der Waals surface area contributed by atoms with Crippen molar-refractivity contribution in [3.05, 3.63) is 29.8 Å². The summed E-state index contributed by atoms with van der Waals surface area (Å²) in [7, 11) is 0. The summed E-state index contributed by atoms with van der Waals surface area (Å²) in [5, 5.41) is 2.53. The maximum atomic E-state index is 11.8. The maximum Gasteiger partial charge on any atom is 0.316 e. The summed E-state index contributed by atoms with van der Waals surface area (Å²) in [5.41, 5.74) is 7.47. The van der Waals surface area contributed by atoms with Crippen molar-refractivity contribution in [2.24, 2.45) is 5.73 Å². The number of piperazine rings is 1. The van der Waals surface area contributed by atoms with E-state index in [0.717, 1.165) is 11.3 Å². The number of rotatable bonds is 3. The second-order valence-corrected chi connectivity index (χ2v) is 4.44. The van der Waals surface area contributed by atoms with Gasteiger partial charge < -0.3 is 16.0 Å². The van der Waals surface area contributed by atoms with Gasteiger partial charge in [-0.1, -0.05) is 19.1 Å². The molecule has 0 saturated carbocycles. The van der Waals surface area contributed by atoms with Crippen LogP contribution in [0.25, 0.3) is 0 Å². The molecular formula is C13H17N3O2. The molecule has 0 bridgehead atoms. The molecule has 0 radical (unpaired) electrons. The van der Waals surface area contributed by atoms with Crippen LogP contribution in [0.1, 0.15) is 18.4 Å². The Morgan fingerprint density at radius 3 is 2.94 bits per heavy atom. The van der Waals surface area contributed by atoms with Gasteiger partial charge in [-0.05, 0) is 30.2 Å². The molecule has 3 N–H and O–H groups in total. The first kappa shape index (κ1) is 12.6. The molecule has 1 fully saturated rings. The number of carbonyl (C=O) groups is 2. The molecule has 0 spiro atoms. The molecule has 1 unspecified atom stereocenters. The normalized spacial score (nSPS) is 17.6. The highest BCUT2D eigenvalue weighted by Crippen LogP contribution is 2.22. The van der Waals surface area contributed by atoms with E-state index in [2.05, 4.69) is 5.32 Å². The average Bonchev–Trinajstić information content (AvgIpc) is 2.41. The third kappa shape index (κ3) is 2.36. The minimum atomic E-state index is -0.543. The van der Waals surface area contributed by atoms with Crippen LogP contribution < -0.4 is 16.0 Å². The summed E-state index contributed by atoms with van der Waals surface area (Å²) in [6.45, 7) is 3.58. The predicted octanol–water partition coefficient (Wildman–Crippen LogP) is 0.212.